The lowest BCUT2D eigenvalue weighted by Crippen LogP contribution is -1.86. The molecule has 0 saturated heterocycles. The first-order chi connectivity index (χ1) is 9.22. The van der Waals surface area contributed by atoms with Gasteiger partial charge in [-0.15, -0.1) is 0 Å². The summed E-state index contributed by atoms with van der Waals surface area (Å²) in [6.07, 6.45) is 6.24. The molecule has 3 rings (SSSR count). The first kappa shape index (κ1) is 11.6. The Balaban J connectivity index is 1.97. The molecule has 0 saturated carbocycles. The second-order valence-electron chi connectivity index (χ2n) is 4.77. The predicted molar refractivity (Wildman–Crippen MR) is 82.8 cm³/mol. The van der Waals surface area contributed by atoms with Crippen molar-refractivity contribution in [3.05, 3.63) is 65.9 Å². The molecule has 1 heterocycles. The van der Waals surface area contributed by atoms with Crippen molar-refractivity contribution < 1.29 is 0 Å². The quantitative estimate of drug-likeness (QED) is 0.678. The number of hydrogen-bond acceptors (Lipinski definition) is 1. The molecule has 3 aromatic rings. The van der Waals surface area contributed by atoms with Crippen molar-refractivity contribution in [1.82, 2.24) is 4.57 Å². The standard InChI is InChI=1S/C17H16N2/c1-13-3-2-4-14(11-13)7-9-19-10-8-15-12-16(18)5-6-17(15)19/h2-12H,18H2,1H3/b9-7-. The van der Waals surface area contributed by atoms with Crippen LogP contribution in [0.15, 0.2) is 54.7 Å². The third-order valence-electron chi connectivity index (χ3n) is 3.21. The summed E-state index contributed by atoms with van der Waals surface area (Å²) in [4.78, 5) is 0. The molecule has 2 nitrogen and oxygen atoms in total. The van der Waals surface area contributed by atoms with E-state index < -0.39 is 0 Å². The van der Waals surface area contributed by atoms with Gasteiger partial charge in [-0.05, 0) is 42.8 Å². The molecule has 2 aromatic carbocycles. The number of aryl methyl sites for hydroxylation is 1. The van der Waals surface area contributed by atoms with Gasteiger partial charge < -0.3 is 10.3 Å². The first-order valence-corrected chi connectivity index (χ1v) is 6.33. The fourth-order valence-corrected chi connectivity index (χ4v) is 2.25. The van der Waals surface area contributed by atoms with Gasteiger partial charge in [-0.1, -0.05) is 29.8 Å². The molecule has 0 spiro atoms. The predicted octanol–water partition coefficient (Wildman–Crippen LogP) is 4.16. The number of nitrogen functional groups attached to an aromatic ring is 1. The van der Waals surface area contributed by atoms with E-state index in [-0.39, 0.29) is 0 Å². The molecule has 19 heavy (non-hydrogen) atoms. The largest absolute Gasteiger partial charge is 0.399 e. The molecule has 0 fully saturated rings. The number of fused-ring (bicyclic) bond motifs is 1. The molecule has 0 atom stereocenters. The van der Waals surface area contributed by atoms with Crippen LogP contribution in [0.1, 0.15) is 11.1 Å². The summed E-state index contributed by atoms with van der Waals surface area (Å²) in [5.41, 5.74) is 10.2. The van der Waals surface area contributed by atoms with Crippen LogP contribution in [-0.2, 0) is 0 Å². The lowest BCUT2D eigenvalue weighted by atomic mass is 10.1. The lowest BCUT2D eigenvalue weighted by molar-refractivity contribution is 1.23. The van der Waals surface area contributed by atoms with E-state index in [9.17, 15) is 0 Å². The Labute approximate surface area is 112 Å². The van der Waals surface area contributed by atoms with E-state index in [2.05, 4.69) is 60.3 Å². The van der Waals surface area contributed by atoms with E-state index >= 15 is 0 Å². The maximum atomic E-state index is 5.79. The smallest absolute Gasteiger partial charge is 0.0523 e. The van der Waals surface area contributed by atoms with Crippen molar-refractivity contribution in [2.75, 3.05) is 5.73 Å². The Morgan fingerprint density at radius 2 is 1.95 bits per heavy atom. The molecule has 0 aliphatic heterocycles. The van der Waals surface area contributed by atoms with E-state index in [1.807, 2.05) is 18.2 Å². The minimum atomic E-state index is 0.799. The Morgan fingerprint density at radius 1 is 1.05 bits per heavy atom. The minimum Gasteiger partial charge on any atom is -0.399 e. The number of anilines is 1. The highest BCUT2D eigenvalue weighted by Crippen LogP contribution is 2.19. The van der Waals surface area contributed by atoms with E-state index in [1.165, 1.54) is 11.1 Å². The molecule has 0 unspecified atom stereocenters. The molecule has 0 radical (unpaired) electrons. The third-order valence-corrected chi connectivity index (χ3v) is 3.21. The van der Waals surface area contributed by atoms with Gasteiger partial charge in [0.2, 0.25) is 0 Å². The summed E-state index contributed by atoms with van der Waals surface area (Å²) in [5, 5.41) is 1.16. The second kappa shape index (κ2) is 4.65. The van der Waals surface area contributed by atoms with Gasteiger partial charge in [0.1, 0.15) is 0 Å². The van der Waals surface area contributed by atoms with E-state index in [0.717, 1.165) is 16.6 Å². The Hall–Kier alpha value is -2.48. The first-order valence-electron chi connectivity index (χ1n) is 6.33. The molecule has 0 amide bonds. The summed E-state index contributed by atoms with van der Waals surface area (Å²) < 4.78 is 2.11. The van der Waals surface area contributed by atoms with Crippen LogP contribution < -0.4 is 5.73 Å². The van der Waals surface area contributed by atoms with Crippen LogP contribution in [-0.4, -0.2) is 4.57 Å². The SMILES string of the molecule is Cc1cccc(/C=C\n2ccc3cc(N)ccc32)c1. The topological polar surface area (TPSA) is 30.9 Å². The minimum absolute atomic E-state index is 0.799. The van der Waals surface area contributed by atoms with Gasteiger partial charge in [-0.3, -0.25) is 0 Å². The zero-order chi connectivity index (χ0) is 13.2. The number of nitrogens with two attached hydrogens (primary N) is 1. The highest BCUT2D eigenvalue weighted by atomic mass is 14.9. The Bertz CT molecular complexity index is 751. The van der Waals surface area contributed by atoms with Gasteiger partial charge >= 0.3 is 0 Å². The lowest BCUT2D eigenvalue weighted by Gasteiger charge is -2.00. The highest BCUT2D eigenvalue weighted by molar-refractivity contribution is 5.85. The Kier molecular flexibility index (Phi) is 2.84. The summed E-state index contributed by atoms with van der Waals surface area (Å²) in [6, 6.07) is 16.5. The molecular formula is C17H16N2. The molecule has 0 aliphatic carbocycles. The van der Waals surface area contributed by atoms with E-state index in [4.69, 9.17) is 5.73 Å². The van der Waals surface area contributed by atoms with Crippen LogP contribution in [0.25, 0.3) is 23.2 Å². The van der Waals surface area contributed by atoms with Crippen molar-refractivity contribution in [2.45, 2.75) is 6.92 Å². The summed E-state index contributed by atoms with van der Waals surface area (Å²) in [7, 11) is 0. The highest BCUT2D eigenvalue weighted by Gasteiger charge is 1.98. The Morgan fingerprint density at radius 3 is 2.79 bits per heavy atom. The maximum absolute atomic E-state index is 5.79. The third kappa shape index (κ3) is 2.38. The van der Waals surface area contributed by atoms with Gasteiger partial charge in [0, 0.05) is 23.5 Å². The van der Waals surface area contributed by atoms with Crippen LogP contribution in [0.3, 0.4) is 0 Å². The van der Waals surface area contributed by atoms with E-state index in [1.54, 1.807) is 0 Å². The fourth-order valence-electron chi connectivity index (χ4n) is 2.25. The van der Waals surface area contributed by atoms with Gasteiger partial charge in [0.05, 0.1) is 5.52 Å². The van der Waals surface area contributed by atoms with Crippen molar-refractivity contribution in [3.63, 3.8) is 0 Å². The second-order valence-corrected chi connectivity index (χ2v) is 4.77. The zero-order valence-corrected chi connectivity index (χ0v) is 10.9. The molecule has 1 aromatic heterocycles. The van der Waals surface area contributed by atoms with Crippen molar-refractivity contribution in [1.29, 1.82) is 0 Å². The van der Waals surface area contributed by atoms with Crippen molar-refractivity contribution in [3.8, 4) is 0 Å². The molecule has 2 heteroatoms. The van der Waals surface area contributed by atoms with Gasteiger partial charge in [0.15, 0.2) is 0 Å². The fraction of sp³-hybridized carbons (Fsp3) is 0.0588. The molecule has 2 N–H and O–H groups in total. The van der Waals surface area contributed by atoms with E-state index in [0.29, 0.717) is 0 Å². The molecular weight excluding hydrogens is 232 g/mol. The molecule has 0 bridgehead atoms. The normalized spacial score (nSPS) is 11.4. The number of benzene rings is 2. The van der Waals surface area contributed by atoms with Gasteiger partial charge in [0.25, 0.3) is 0 Å². The maximum Gasteiger partial charge on any atom is 0.0523 e. The summed E-state index contributed by atoms with van der Waals surface area (Å²) >= 11 is 0. The summed E-state index contributed by atoms with van der Waals surface area (Å²) in [5.74, 6) is 0. The average molecular weight is 248 g/mol. The average Bonchev–Trinajstić information content (AvgIpc) is 2.78. The molecule has 0 aliphatic rings. The van der Waals surface area contributed by atoms with Gasteiger partial charge in [-0.25, -0.2) is 0 Å². The van der Waals surface area contributed by atoms with Crippen molar-refractivity contribution >= 4 is 28.9 Å². The van der Waals surface area contributed by atoms with Crippen LogP contribution in [0.2, 0.25) is 0 Å². The van der Waals surface area contributed by atoms with Crippen LogP contribution in [0.5, 0.6) is 0 Å². The number of aromatic nitrogens is 1. The number of nitrogens with zero attached hydrogens (tertiary/aromatic N) is 1. The van der Waals surface area contributed by atoms with Crippen LogP contribution in [0, 0.1) is 6.92 Å². The number of hydrogen-bond donors (Lipinski definition) is 1. The summed E-state index contributed by atoms with van der Waals surface area (Å²) in [6.45, 7) is 2.10. The number of rotatable bonds is 2. The van der Waals surface area contributed by atoms with Crippen molar-refractivity contribution in [2.24, 2.45) is 0 Å². The monoisotopic (exact) mass is 248 g/mol. The molecule has 94 valence electrons. The van der Waals surface area contributed by atoms with Gasteiger partial charge in [-0.2, -0.15) is 0 Å². The zero-order valence-electron chi connectivity index (χ0n) is 10.9. The van der Waals surface area contributed by atoms with Crippen LogP contribution >= 0.6 is 0 Å². The van der Waals surface area contributed by atoms with Crippen LogP contribution in [0.4, 0.5) is 5.69 Å².